The number of rotatable bonds is 3. The van der Waals surface area contributed by atoms with Crippen molar-refractivity contribution in [3.05, 3.63) is 23.3 Å². The highest BCUT2D eigenvalue weighted by Crippen LogP contribution is 2.33. The molecule has 2 heterocycles. The molecule has 0 aliphatic carbocycles. The van der Waals surface area contributed by atoms with Crippen molar-refractivity contribution in [1.29, 1.82) is 0 Å². The third-order valence-electron chi connectivity index (χ3n) is 4.12. The minimum atomic E-state index is -0.476. The van der Waals surface area contributed by atoms with Gasteiger partial charge in [0, 0.05) is 13.1 Å². The molecule has 0 radical (unpaired) electrons. The van der Waals surface area contributed by atoms with E-state index in [1.54, 1.807) is 14.2 Å². The van der Waals surface area contributed by atoms with E-state index in [1.165, 1.54) is 5.56 Å². The molecule has 0 aromatic heterocycles. The van der Waals surface area contributed by atoms with Crippen LogP contribution in [0.4, 0.5) is 0 Å². The van der Waals surface area contributed by atoms with Gasteiger partial charge in [-0.3, -0.25) is 4.79 Å². The average molecular weight is 307 g/mol. The minimum absolute atomic E-state index is 0.000125. The molecule has 1 saturated heterocycles. The molecule has 3 rings (SSSR count). The lowest BCUT2D eigenvalue weighted by Gasteiger charge is -2.33. The van der Waals surface area contributed by atoms with Crippen LogP contribution in [0.2, 0.25) is 0 Å². The first kappa shape index (κ1) is 15.1. The minimum Gasteiger partial charge on any atom is -0.493 e. The van der Waals surface area contributed by atoms with Crippen LogP contribution < -0.4 is 9.47 Å². The normalized spacial score (nSPS) is 21.2. The van der Waals surface area contributed by atoms with Gasteiger partial charge in [-0.2, -0.15) is 0 Å². The monoisotopic (exact) mass is 307 g/mol. The predicted octanol–water partition coefficient (Wildman–Crippen LogP) is 1.00. The van der Waals surface area contributed by atoms with Gasteiger partial charge in [0.2, 0.25) is 0 Å². The van der Waals surface area contributed by atoms with Crippen molar-refractivity contribution >= 4 is 5.91 Å². The zero-order chi connectivity index (χ0) is 15.5. The molecular weight excluding hydrogens is 286 g/mol. The van der Waals surface area contributed by atoms with Crippen LogP contribution in [0.5, 0.6) is 11.5 Å². The fourth-order valence-corrected chi connectivity index (χ4v) is 2.91. The zero-order valence-corrected chi connectivity index (χ0v) is 13.0. The standard InChI is InChI=1S/C16H21NO5/c1-19-13-7-11-3-4-17(9-12(11)8-14(13)20-2)16(18)15-10-21-5-6-22-15/h7-8,15H,3-6,9-10H2,1-2H3/t15-/m1/s1. The Bertz CT molecular complexity index is 554. The Morgan fingerprint density at radius 3 is 2.55 bits per heavy atom. The summed E-state index contributed by atoms with van der Waals surface area (Å²) in [4.78, 5) is 14.3. The molecular formula is C16H21NO5. The van der Waals surface area contributed by atoms with Crippen molar-refractivity contribution in [2.45, 2.75) is 19.1 Å². The molecule has 1 aromatic carbocycles. The Labute approximate surface area is 129 Å². The van der Waals surface area contributed by atoms with Gasteiger partial charge in [0.1, 0.15) is 0 Å². The largest absolute Gasteiger partial charge is 0.493 e. The average Bonchev–Trinajstić information content (AvgIpc) is 2.60. The van der Waals surface area contributed by atoms with E-state index in [0.29, 0.717) is 38.7 Å². The number of benzene rings is 1. The van der Waals surface area contributed by atoms with E-state index in [2.05, 4.69) is 0 Å². The molecule has 2 aliphatic heterocycles. The summed E-state index contributed by atoms with van der Waals surface area (Å²) in [6.45, 7) is 2.62. The van der Waals surface area contributed by atoms with Gasteiger partial charge in [0.25, 0.3) is 5.91 Å². The van der Waals surface area contributed by atoms with Crippen LogP contribution in [0.25, 0.3) is 0 Å². The van der Waals surface area contributed by atoms with Gasteiger partial charge in [0.05, 0.1) is 34.0 Å². The molecule has 1 fully saturated rings. The maximum atomic E-state index is 12.5. The Morgan fingerprint density at radius 2 is 1.91 bits per heavy atom. The summed E-state index contributed by atoms with van der Waals surface area (Å²) in [7, 11) is 3.24. The molecule has 0 N–H and O–H groups in total. The third kappa shape index (κ3) is 2.89. The molecule has 6 nitrogen and oxygen atoms in total. The van der Waals surface area contributed by atoms with Crippen molar-refractivity contribution in [3.8, 4) is 11.5 Å². The first-order chi connectivity index (χ1) is 10.7. The highest BCUT2D eigenvalue weighted by molar-refractivity contribution is 5.81. The summed E-state index contributed by atoms with van der Waals surface area (Å²) in [6.07, 6.45) is 0.324. The Morgan fingerprint density at radius 1 is 1.18 bits per heavy atom. The molecule has 1 atom stereocenters. The maximum absolute atomic E-state index is 12.5. The number of carbonyl (C=O) groups excluding carboxylic acids is 1. The molecule has 0 saturated carbocycles. The van der Waals surface area contributed by atoms with E-state index < -0.39 is 6.10 Å². The van der Waals surface area contributed by atoms with Gasteiger partial charge >= 0.3 is 0 Å². The van der Waals surface area contributed by atoms with Crippen LogP contribution in [0.3, 0.4) is 0 Å². The summed E-state index contributed by atoms with van der Waals surface area (Å²) in [6, 6.07) is 3.95. The zero-order valence-electron chi connectivity index (χ0n) is 13.0. The van der Waals surface area contributed by atoms with Crippen molar-refractivity contribution < 1.29 is 23.7 Å². The topological polar surface area (TPSA) is 57.2 Å². The van der Waals surface area contributed by atoms with E-state index in [1.807, 2.05) is 17.0 Å². The van der Waals surface area contributed by atoms with Crippen LogP contribution in [0, 0.1) is 0 Å². The van der Waals surface area contributed by atoms with Crippen LogP contribution in [0.15, 0.2) is 12.1 Å². The van der Waals surface area contributed by atoms with Gasteiger partial charge in [-0.05, 0) is 29.7 Å². The lowest BCUT2D eigenvalue weighted by Crippen LogP contribution is -2.47. The van der Waals surface area contributed by atoms with E-state index in [-0.39, 0.29) is 5.91 Å². The molecule has 1 aromatic rings. The third-order valence-corrected chi connectivity index (χ3v) is 4.12. The molecule has 6 heteroatoms. The van der Waals surface area contributed by atoms with Crippen molar-refractivity contribution in [3.63, 3.8) is 0 Å². The number of hydrogen-bond acceptors (Lipinski definition) is 5. The highest BCUT2D eigenvalue weighted by atomic mass is 16.6. The summed E-state index contributed by atoms with van der Waals surface area (Å²) in [5.41, 5.74) is 2.29. The lowest BCUT2D eigenvalue weighted by atomic mass is 9.98. The Balaban J connectivity index is 1.76. The molecule has 0 unspecified atom stereocenters. The summed E-state index contributed by atoms with van der Waals surface area (Å²) >= 11 is 0. The summed E-state index contributed by atoms with van der Waals surface area (Å²) in [5.74, 6) is 1.41. The lowest BCUT2D eigenvalue weighted by molar-refractivity contribution is -0.158. The fourth-order valence-electron chi connectivity index (χ4n) is 2.91. The van der Waals surface area contributed by atoms with Crippen molar-refractivity contribution in [2.75, 3.05) is 40.6 Å². The molecule has 0 spiro atoms. The van der Waals surface area contributed by atoms with Crippen LogP contribution in [-0.4, -0.2) is 57.5 Å². The number of nitrogens with zero attached hydrogens (tertiary/aromatic N) is 1. The number of methoxy groups -OCH3 is 2. The second-order valence-electron chi connectivity index (χ2n) is 5.42. The Kier molecular flexibility index (Phi) is 4.49. The molecule has 1 amide bonds. The number of hydrogen-bond donors (Lipinski definition) is 0. The quantitative estimate of drug-likeness (QED) is 0.834. The molecule has 120 valence electrons. The van der Waals surface area contributed by atoms with E-state index in [0.717, 1.165) is 17.7 Å². The summed E-state index contributed by atoms with van der Waals surface area (Å²) < 4.78 is 21.5. The maximum Gasteiger partial charge on any atom is 0.254 e. The second kappa shape index (κ2) is 6.54. The van der Waals surface area contributed by atoms with Crippen LogP contribution in [-0.2, 0) is 27.2 Å². The predicted molar refractivity (Wildman–Crippen MR) is 79.2 cm³/mol. The first-order valence-corrected chi connectivity index (χ1v) is 7.45. The molecule has 0 bridgehead atoms. The van der Waals surface area contributed by atoms with Gasteiger partial charge < -0.3 is 23.8 Å². The van der Waals surface area contributed by atoms with Gasteiger partial charge in [0.15, 0.2) is 17.6 Å². The van der Waals surface area contributed by atoms with E-state index in [9.17, 15) is 4.79 Å². The molecule has 2 aliphatic rings. The van der Waals surface area contributed by atoms with Crippen LogP contribution in [0.1, 0.15) is 11.1 Å². The van der Waals surface area contributed by atoms with Crippen molar-refractivity contribution in [1.82, 2.24) is 4.90 Å². The van der Waals surface area contributed by atoms with Crippen LogP contribution >= 0.6 is 0 Å². The number of fused-ring (bicyclic) bond motifs is 1. The van der Waals surface area contributed by atoms with Gasteiger partial charge in [-0.25, -0.2) is 0 Å². The van der Waals surface area contributed by atoms with Crippen molar-refractivity contribution in [2.24, 2.45) is 0 Å². The number of carbonyl (C=O) groups is 1. The smallest absolute Gasteiger partial charge is 0.254 e. The highest BCUT2D eigenvalue weighted by Gasteiger charge is 2.30. The second-order valence-corrected chi connectivity index (χ2v) is 5.42. The first-order valence-electron chi connectivity index (χ1n) is 7.45. The van der Waals surface area contributed by atoms with E-state index in [4.69, 9.17) is 18.9 Å². The Hall–Kier alpha value is -1.79. The van der Waals surface area contributed by atoms with Gasteiger partial charge in [-0.15, -0.1) is 0 Å². The number of ether oxygens (including phenoxy) is 4. The number of amides is 1. The van der Waals surface area contributed by atoms with E-state index >= 15 is 0 Å². The molecule has 22 heavy (non-hydrogen) atoms. The fraction of sp³-hybridized carbons (Fsp3) is 0.562. The summed E-state index contributed by atoms with van der Waals surface area (Å²) in [5, 5.41) is 0. The SMILES string of the molecule is COc1cc2c(cc1OC)CN(C(=O)[C@H]1COCCO1)CC2. The van der Waals surface area contributed by atoms with Gasteiger partial charge in [-0.1, -0.05) is 0 Å².